The number of ether oxygens (including phenoxy) is 1. The molecule has 6 heteroatoms. The summed E-state index contributed by atoms with van der Waals surface area (Å²) in [6.07, 6.45) is 1.52. The molecule has 96 valence electrons. The van der Waals surface area contributed by atoms with Gasteiger partial charge in [0.1, 0.15) is 5.75 Å². The van der Waals surface area contributed by atoms with Crippen molar-refractivity contribution in [3.63, 3.8) is 0 Å². The zero-order valence-electron chi connectivity index (χ0n) is 10.2. The molecule has 0 atom stereocenters. The van der Waals surface area contributed by atoms with Gasteiger partial charge < -0.3 is 4.74 Å². The Morgan fingerprint density at radius 1 is 1.32 bits per heavy atom. The summed E-state index contributed by atoms with van der Waals surface area (Å²) in [5, 5.41) is 9.14. The van der Waals surface area contributed by atoms with Crippen LogP contribution in [0.1, 0.15) is 16.7 Å². The van der Waals surface area contributed by atoms with E-state index in [9.17, 15) is 0 Å². The lowest BCUT2D eigenvalue weighted by atomic mass is 10.0. The fraction of sp³-hybridized carbons (Fsp3) is 0.154. The van der Waals surface area contributed by atoms with Crippen molar-refractivity contribution in [1.29, 1.82) is 5.26 Å². The molecule has 0 radical (unpaired) electrons. The smallest absolute Gasteiger partial charge is 0.237 e. The minimum Gasteiger partial charge on any atom is -0.438 e. The largest absolute Gasteiger partial charge is 0.438 e. The Labute approximate surface area is 124 Å². The van der Waals surface area contributed by atoms with Crippen LogP contribution in [0.5, 0.6) is 11.6 Å². The highest BCUT2D eigenvalue weighted by atomic mass is 79.9. The molecule has 0 spiro atoms. The first kappa shape index (κ1) is 13.8. The van der Waals surface area contributed by atoms with E-state index in [4.69, 9.17) is 21.6 Å². The summed E-state index contributed by atoms with van der Waals surface area (Å²) in [5.74, 6) is 0.938. The van der Waals surface area contributed by atoms with Gasteiger partial charge in [0.25, 0.3) is 0 Å². The Bertz CT molecular complexity index is 659. The zero-order chi connectivity index (χ0) is 14.0. The number of nitriles is 1. The number of halogens is 2. The van der Waals surface area contributed by atoms with Crippen molar-refractivity contribution in [1.82, 2.24) is 9.97 Å². The topological polar surface area (TPSA) is 58.8 Å². The summed E-state index contributed by atoms with van der Waals surface area (Å²) in [7, 11) is 0. The van der Waals surface area contributed by atoms with E-state index in [1.54, 1.807) is 12.1 Å². The van der Waals surface area contributed by atoms with Gasteiger partial charge in [-0.15, -0.1) is 0 Å². The lowest BCUT2D eigenvalue weighted by Crippen LogP contribution is -1.94. The van der Waals surface area contributed by atoms with Crippen LogP contribution < -0.4 is 4.74 Å². The first-order valence-corrected chi connectivity index (χ1v) is 6.55. The quantitative estimate of drug-likeness (QED) is 0.771. The third-order valence-electron chi connectivity index (χ3n) is 2.52. The lowest BCUT2D eigenvalue weighted by Gasteiger charge is -2.09. The number of rotatable bonds is 2. The minimum absolute atomic E-state index is 0.111. The molecule has 1 aromatic heterocycles. The Balaban J connectivity index is 2.40. The van der Waals surface area contributed by atoms with E-state index < -0.39 is 0 Å². The summed E-state index contributed by atoms with van der Waals surface area (Å²) in [6.45, 7) is 3.72. The van der Waals surface area contributed by atoms with Crippen LogP contribution in [0.2, 0.25) is 5.28 Å². The van der Waals surface area contributed by atoms with Gasteiger partial charge in [0.05, 0.1) is 16.1 Å². The number of hydrogen-bond acceptors (Lipinski definition) is 4. The zero-order valence-corrected chi connectivity index (χ0v) is 12.6. The van der Waals surface area contributed by atoms with Gasteiger partial charge in [-0.1, -0.05) is 0 Å². The van der Waals surface area contributed by atoms with E-state index >= 15 is 0 Å². The van der Waals surface area contributed by atoms with Gasteiger partial charge in [0.15, 0.2) is 0 Å². The predicted octanol–water partition coefficient (Wildman–Crippen LogP) is 4.17. The highest BCUT2D eigenvalue weighted by Crippen LogP contribution is 2.30. The predicted molar refractivity (Wildman–Crippen MR) is 75.4 cm³/mol. The van der Waals surface area contributed by atoms with E-state index in [2.05, 4.69) is 32.0 Å². The summed E-state index contributed by atoms with van der Waals surface area (Å²) >= 11 is 9.02. The first-order chi connectivity index (χ1) is 9.01. The number of aromatic nitrogens is 2. The molecule has 1 heterocycles. The average molecular weight is 339 g/mol. The van der Waals surface area contributed by atoms with Crippen LogP contribution in [0.3, 0.4) is 0 Å². The Morgan fingerprint density at radius 2 is 1.95 bits per heavy atom. The summed E-state index contributed by atoms with van der Waals surface area (Å²) < 4.78 is 6.27. The third kappa shape index (κ3) is 3.03. The number of aryl methyl sites for hydroxylation is 2. The molecule has 0 aliphatic rings. The summed E-state index contributed by atoms with van der Waals surface area (Å²) in [5.41, 5.74) is 2.37. The maximum atomic E-state index is 9.02. The lowest BCUT2D eigenvalue weighted by molar-refractivity contribution is 0.457. The van der Waals surface area contributed by atoms with Crippen LogP contribution in [0.4, 0.5) is 0 Å². The molecule has 0 N–H and O–H groups in total. The molecule has 1 aromatic carbocycles. The molecule has 0 saturated heterocycles. The number of benzene rings is 1. The van der Waals surface area contributed by atoms with E-state index in [0.29, 0.717) is 21.7 Å². The molecule has 4 nitrogen and oxygen atoms in total. The SMILES string of the molecule is Cc1cc(Oc2nc(Cl)ncc2Br)cc(C)c1C#N. The Hall–Kier alpha value is -1.64. The second kappa shape index (κ2) is 5.55. The highest BCUT2D eigenvalue weighted by Gasteiger charge is 2.10. The fourth-order valence-corrected chi connectivity index (χ4v) is 2.07. The van der Waals surface area contributed by atoms with Gasteiger partial charge in [0, 0.05) is 6.20 Å². The van der Waals surface area contributed by atoms with E-state index in [1.165, 1.54) is 6.20 Å². The van der Waals surface area contributed by atoms with Crippen LogP contribution in [0.25, 0.3) is 0 Å². The van der Waals surface area contributed by atoms with Crippen molar-refractivity contribution in [2.24, 2.45) is 0 Å². The number of hydrogen-bond donors (Lipinski definition) is 0. The van der Waals surface area contributed by atoms with Crippen molar-refractivity contribution in [3.8, 4) is 17.7 Å². The van der Waals surface area contributed by atoms with E-state index in [0.717, 1.165) is 11.1 Å². The highest BCUT2D eigenvalue weighted by molar-refractivity contribution is 9.10. The van der Waals surface area contributed by atoms with Gasteiger partial charge in [-0.3, -0.25) is 0 Å². The van der Waals surface area contributed by atoms with Gasteiger partial charge in [-0.2, -0.15) is 10.2 Å². The maximum absolute atomic E-state index is 9.02. The number of nitrogens with zero attached hydrogens (tertiary/aromatic N) is 3. The molecule has 0 amide bonds. The second-order valence-electron chi connectivity index (χ2n) is 3.94. The first-order valence-electron chi connectivity index (χ1n) is 5.38. The molecular formula is C13H9BrClN3O. The summed E-state index contributed by atoms with van der Waals surface area (Å²) in [4.78, 5) is 7.82. The van der Waals surface area contributed by atoms with Gasteiger partial charge >= 0.3 is 0 Å². The summed E-state index contributed by atoms with van der Waals surface area (Å²) in [6, 6.07) is 5.73. The maximum Gasteiger partial charge on any atom is 0.237 e. The molecule has 0 bridgehead atoms. The minimum atomic E-state index is 0.111. The van der Waals surface area contributed by atoms with Crippen LogP contribution >= 0.6 is 27.5 Å². The molecule has 0 fully saturated rings. The van der Waals surface area contributed by atoms with Crippen LogP contribution in [-0.2, 0) is 0 Å². The van der Waals surface area contributed by atoms with Gasteiger partial charge in [0.2, 0.25) is 11.2 Å². The van der Waals surface area contributed by atoms with Gasteiger partial charge in [-0.25, -0.2) is 4.98 Å². The molecule has 2 rings (SSSR count). The van der Waals surface area contributed by atoms with Crippen LogP contribution in [-0.4, -0.2) is 9.97 Å². The molecule has 0 aliphatic heterocycles. The van der Waals surface area contributed by atoms with Crippen molar-refractivity contribution in [3.05, 3.63) is 44.8 Å². The van der Waals surface area contributed by atoms with Crippen LogP contribution in [0.15, 0.2) is 22.8 Å². The second-order valence-corrected chi connectivity index (χ2v) is 5.13. The molecule has 19 heavy (non-hydrogen) atoms. The molecule has 0 saturated carbocycles. The van der Waals surface area contributed by atoms with Crippen LogP contribution in [0, 0.1) is 25.2 Å². The van der Waals surface area contributed by atoms with Crippen molar-refractivity contribution < 1.29 is 4.74 Å². The molecule has 0 aliphatic carbocycles. The normalized spacial score (nSPS) is 10.1. The van der Waals surface area contributed by atoms with E-state index in [-0.39, 0.29) is 5.28 Å². The van der Waals surface area contributed by atoms with Crippen molar-refractivity contribution in [2.75, 3.05) is 0 Å². The third-order valence-corrected chi connectivity index (χ3v) is 3.24. The fourth-order valence-electron chi connectivity index (χ4n) is 1.67. The Kier molecular flexibility index (Phi) is 4.03. The molecule has 0 unspecified atom stereocenters. The van der Waals surface area contributed by atoms with Crippen molar-refractivity contribution in [2.45, 2.75) is 13.8 Å². The van der Waals surface area contributed by atoms with Crippen molar-refractivity contribution >= 4 is 27.5 Å². The van der Waals surface area contributed by atoms with Gasteiger partial charge in [-0.05, 0) is 64.6 Å². The molecule has 2 aromatic rings. The molecular weight excluding hydrogens is 330 g/mol. The average Bonchev–Trinajstić information content (AvgIpc) is 2.33. The standard InChI is InChI=1S/C13H9BrClN3O/c1-7-3-9(4-8(2)10(7)5-16)19-12-11(14)6-17-13(15)18-12/h3-4,6H,1-2H3. The van der Waals surface area contributed by atoms with E-state index in [1.807, 2.05) is 13.8 Å². The Morgan fingerprint density at radius 3 is 2.53 bits per heavy atom. The monoisotopic (exact) mass is 337 g/mol.